The van der Waals surface area contributed by atoms with E-state index in [9.17, 15) is 14.0 Å². The minimum Gasteiger partial charge on any atom is -0.462 e. The van der Waals surface area contributed by atoms with Gasteiger partial charge in [-0.15, -0.1) is 0 Å². The minimum atomic E-state index is -0.521. The number of benzene rings is 1. The van der Waals surface area contributed by atoms with Crippen LogP contribution in [-0.4, -0.2) is 30.0 Å². The molecule has 1 aliphatic rings. The number of amides is 1. The van der Waals surface area contributed by atoms with Crippen molar-refractivity contribution >= 4 is 17.6 Å². The van der Waals surface area contributed by atoms with Crippen LogP contribution < -0.4 is 4.90 Å². The number of carbonyl (C=O) groups is 2. The van der Waals surface area contributed by atoms with Crippen molar-refractivity contribution in [3.05, 3.63) is 58.7 Å². The predicted molar refractivity (Wildman–Crippen MR) is 86.7 cm³/mol. The molecule has 1 aliphatic heterocycles. The van der Waals surface area contributed by atoms with Crippen LogP contribution in [-0.2, 0) is 11.2 Å². The van der Waals surface area contributed by atoms with Gasteiger partial charge < -0.3 is 9.64 Å². The van der Waals surface area contributed by atoms with Crippen LogP contribution in [0.5, 0.6) is 0 Å². The van der Waals surface area contributed by atoms with Gasteiger partial charge in [-0.1, -0.05) is 6.07 Å². The topological polar surface area (TPSA) is 59.5 Å². The van der Waals surface area contributed by atoms with Crippen molar-refractivity contribution in [1.29, 1.82) is 0 Å². The van der Waals surface area contributed by atoms with Crippen molar-refractivity contribution in [1.82, 2.24) is 4.98 Å². The van der Waals surface area contributed by atoms with E-state index in [2.05, 4.69) is 4.98 Å². The van der Waals surface area contributed by atoms with Gasteiger partial charge in [0.05, 0.1) is 29.1 Å². The summed E-state index contributed by atoms with van der Waals surface area (Å²) in [6.45, 7) is 4.05. The number of carbonyl (C=O) groups excluding carboxylic acids is 2. The Kier molecular flexibility index (Phi) is 4.29. The Hall–Kier alpha value is -2.76. The second-order valence-corrected chi connectivity index (χ2v) is 5.52. The lowest BCUT2D eigenvalue weighted by Gasteiger charge is -2.18. The maximum atomic E-state index is 13.9. The van der Waals surface area contributed by atoms with Crippen LogP contribution in [0.25, 0.3) is 0 Å². The van der Waals surface area contributed by atoms with Crippen LogP contribution in [0.4, 0.5) is 10.1 Å². The Morgan fingerprint density at radius 2 is 2.17 bits per heavy atom. The van der Waals surface area contributed by atoms with Gasteiger partial charge in [-0.25, -0.2) is 9.18 Å². The first kappa shape index (κ1) is 16.1. The van der Waals surface area contributed by atoms with Crippen molar-refractivity contribution in [3.63, 3.8) is 0 Å². The van der Waals surface area contributed by atoms with Gasteiger partial charge in [0.2, 0.25) is 0 Å². The largest absolute Gasteiger partial charge is 0.462 e. The van der Waals surface area contributed by atoms with E-state index in [4.69, 9.17) is 4.74 Å². The van der Waals surface area contributed by atoms with Gasteiger partial charge in [0.15, 0.2) is 0 Å². The molecule has 0 unspecified atom stereocenters. The zero-order valence-electron chi connectivity index (χ0n) is 13.5. The third-order valence-corrected chi connectivity index (χ3v) is 4.04. The van der Waals surface area contributed by atoms with Crippen molar-refractivity contribution < 1.29 is 18.7 Å². The molecule has 3 rings (SSSR count). The fraction of sp³-hybridized carbons (Fsp3) is 0.278. The Bertz CT molecular complexity index is 820. The quantitative estimate of drug-likeness (QED) is 0.813. The first-order valence-electron chi connectivity index (χ1n) is 7.76. The number of halogens is 1. The molecule has 1 aromatic heterocycles. The Morgan fingerprint density at radius 1 is 1.38 bits per heavy atom. The lowest BCUT2D eigenvalue weighted by atomic mass is 10.1. The number of rotatable bonds is 3. The second kappa shape index (κ2) is 6.39. The number of nitrogens with zero attached hydrogens (tertiary/aromatic N) is 2. The molecule has 0 spiro atoms. The van der Waals surface area contributed by atoms with Crippen molar-refractivity contribution in [2.24, 2.45) is 0 Å². The summed E-state index contributed by atoms with van der Waals surface area (Å²) in [5.41, 5.74) is 2.17. The number of aryl methyl sites for hydroxylation is 1. The average molecular weight is 328 g/mol. The summed E-state index contributed by atoms with van der Waals surface area (Å²) in [5.74, 6) is -1.12. The minimum absolute atomic E-state index is 0.226. The van der Waals surface area contributed by atoms with Gasteiger partial charge in [0.1, 0.15) is 5.82 Å². The van der Waals surface area contributed by atoms with Crippen molar-refractivity contribution in [2.45, 2.75) is 20.3 Å². The molecule has 124 valence electrons. The zero-order valence-corrected chi connectivity index (χ0v) is 13.5. The van der Waals surface area contributed by atoms with Crippen molar-refractivity contribution in [2.75, 3.05) is 18.1 Å². The monoisotopic (exact) mass is 328 g/mol. The van der Waals surface area contributed by atoms with Crippen LogP contribution in [0.15, 0.2) is 30.5 Å². The summed E-state index contributed by atoms with van der Waals surface area (Å²) in [6.07, 6.45) is 1.86. The number of hydrogen-bond acceptors (Lipinski definition) is 4. The number of esters is 1. The van der Waals surface area contributed by atoms with E-state index >= 15 is 0 Å². The van der Waals surface area contributed by atoms with Gasteiger partial charge >= 0.3 is 5.97 Å². The average Bonchev–Trinajstić information content (AvgIpc) is 3.00. The molecule has 5 nitrogen and oxygen atoms in total. The first-order chi connectivity index (χ1) is 11.5. The molecule has 6 heteroatoms. The molecule has 0 N–H and O–H groups in total. The molecule has 2 aromatic rings. The Morgan fingerprint density at radius 3 is 2.92 bits per heavy atom. The standard InChI is InChI=1S/C18H17FN2O3/c1-3-24-18(23)12-9-14(11(2)20-10-12)17(22)21-8-7-13-15(19)5-4-6-16(13)21/h4-6,9-10H,3,7-8H2,1-2H3. The normalized spacial score (nSPS) is 12.9. The molecule has 1 aromatic carbocycles. The zero-order chi connectivity index (χ0) is 17.3. The second-order valence-electron chi connectivity index (χ2n) is 5.52. The fourth-order valence-corrected chi connectivity index (χ4v) is 2.82. The van der Waals surface area contributed by atoms with E-state index in [1.54, 1.807) is 26.0 Å². The highest BCUT2D eigenvalue weighted by molar-refractivity contribution is 6.08. The molecule has 24 heavy (non-hydrogen) atoms. The summed E-state index contributed by atoms with van der Waals surface area (Å²) in [5, 5.41) is 0. The molecule has 0 fully saturated rings. The highest BCUT2D eigenvalue weighted by Crippen LogP contribution is 2.31. The lowest BCUT2D eigenvalue weighted by Crippen LogP contribution is -2.30. The molecule has 1 amide bonds. The molecule has 0 saturated heterocycles. The summed E-state index contributed by atoms with van der Waals surface area (Å²) < 4.78 is 18.8. The summed E-state index contributed by atoms with van der Waals surface area (Å²) in [4.78, 5) is 30.4. The predicted octanol–water partition coefficient (Wildman–Crippen LogP) is 2.91. The van der Waals surface area contributed by atoms with E-state index in [0.29, 0.717) is 35.5 Å². The third-order valence-electron chi connectivity index (χ3n) is 4.04. The number of pyridine rings is 1. The summed E-state index contributed by atoms with van der Waals surface area (Å²) in [7, 11) is 0. The highest BCUT2D eigenvalue weighted by Gasteiger charge is 2.29. The molecule has 0 aliphatic carbocycles. The van der Waals surface area contributed by atoms with Crippen molar-refractivity contribution in [3.8, 4) is 0 Å². The molecule has 0 saturated carbocycles. The van der Waals surface area contributed by atoms with Gasteiger partial charge in [-0.3, -0.25) is 9.78 Å². The first-order valence-corrected chi connectivity index (χ1v) is 7.76. The molecule has 0 radical (unpaired) electrons. The Balaban J connectivity index is 1.96. The number of hydrogen-bond donors (Lipinski definition) is 0. The maximum Gasteiger partial charge on any atom is 0.339 e. The number of anilines is 1. The lowest BCUT2D eigenvalue weighted by molar-refractivity contribution is 0.0526. The van der Waals surface area contributed by atoms with Crippen LogP contribution >= 0.6 is 0 Å². The van der Waals surface area contributed by atoms with Gasteiger partial charge in [0, 0.05) is 18.3 Å². The van der Waals surface area contributed by atoms with Crippen LogP contribution in [0, 0.1) is 12.7 Å². The molecular formula is C18H17FN2O3. The van der Waals surface area contributed by atoms with E-state index in [1.807, 2.05) is 0 Å². The van der Waals surface area contributed by atoms with Crippen LogP contribution in [0.1, 0.15) is 38.9 Å². The van der Waals surface area contributed by atoms with Gasteiger partial charge in [-0.05, 0) is 38.5 Å². The molecule has 0 atom stereocenters. The van der Waals surface area contributed by atoms with E-state index in [0.717, 1.165) is 0 Å². The SMILES string of the molecule is CCOC(=O)c1cnc(C)c(C(=O)N2CCc3c(F)cccc32)c1. The maximum absolute atomic E-state index is 13.9. The summed E-state index contributed by atoms with van der Waals surface area (Å²) >= 11 is 0. The van der Waals surface area contributed by atoms with Gasteiger partial charge in [0.25, 0.3) is 5.91 Å². The molecule has 0 bridgehead atoms. The number of ether oxygens (including phenoxy) is 1. The third kappa shape index (κ3) is 2.75. The summed E-state index contributed by atoms with van der Waals surface area (Å²) in [6, 6.07) is 6.18. The smallest absolute Gasteiger partial charge is 0.339 e. The van der Waals surface area contributed by atoms with E-state index in [-0.39, 0.29) is 23.9 Å². The van der Waals surface area contributed by atoms with E-state index in [1.165, 1.54) is 23.2 Å². The fourth-order valence-electron chi connectivity index (χ4n) is 2.82. The molecule has 2 heterocycles. The highest BCUT2D eigenvalue weighted by atomic mass is 19.1. The van der Waals surface area contributed by atoms with E-state index < -0.39 is 5.97 Å². The Labute approximate surface area is 139 Å². The van der Waals surface area contributed by atoms with Crippen LogP contribution in [0.3, 0.4) is 0 Å². The van der Waals surface area contributed by atoms with Crippen LogP contribution in [0.2, 0.25) is 0 Å². The number of aromatic nitrogens is 1. The van der Waals surface area contributed by atoms with Gasteiger partial charge in [-0.2, -0.15) is 0 Å². The number of fused-ring (bicyclic) bond motifs is 1. The molecular weight excluding hydrogens is 311 g/mol.